The van der Waals surface area contributed by atoms with Crippen molar-refractivity contribution >= 4 is 0 Å². The van der Waals surface area contributed by atoms with Crippen molar-refractivity contribution in [1.29, 1.82) is 0 Å². The quantitative estimate of drug-likeness (QED) is 0.605. The van der Waals surface area contributed by atoms with Gasteiger partial charge < -0.3 is 15.5 Å². The monoisotopic (exact) mass is 153 g/mol. The van der Waals surface area contributed by atoms with Gasteiger partial charge in [0.2, 0.25) is 0 Å². The molecule has 1 aliphatic rings. The van der Waals surface area contributed by atoms with Gasteiger partial charge in [-0.05, 0) is 6.42 Å². The van der Waals surface area contributed by atoms with E-state index in [1.807, 2.05) is 0 Å². The molecule has 60 valence electrons. The first-order valence-electron chi connectivity index (χ1n) is 3.71. The minimum atomic E-state index is 0.132. The van der Waals surface area contributed by atoms with Crippen molar-refractivity contribution in [2.24, 2.45) is 5.73 Å². The third kappa shape index (κ3) is 1.27. The normalized spacial score (nSPS) is 31.0. The van der Waals surface area contributed by atoms with Gasteiger partial charge in [-0.15, -0.1) is 0 Å². The number of nitrogens with one attached hydrogen (secondary N) is 1. The number of hydrogen-bond acceptors (Lipinski definition) is 3. The molecule has 0 bridgehead atoms. The molecule has 2 heterocycles. The van der Waals surface area contributed by atoms with Crippen LogP contribution in [0.15, 0.2) is 12.5 Å². The van der Waals surface area contributed by atoms with Crippen LogP contribution in [0.3, 0.4) is 0 Å². The van der Waals surface area contributed by atoms with Crippen molar-refractivity contribution in [1.82, 2.24) is 9.97 Å². The van der Waals surface area contributed by atoms with Crippen molar-refractivity contribution < 1.29 is 4.74 Å². The molecule has 2 atom stereocenters. The number of H-pyrrole nitrogens is 1. The highest BCUT2D eigenvalue weighted by Gasteiger charge is 2.24. The Bertz CT molecular complexity index is 222. The third-order valence-electron chi connectivity index (χ3n) is 1.89. The Balaban J connectivity index is 2.08. The van der Waals surface area contributed by atoms with Crippen molar-refractivity contribution in [3.05, 3.63) is 18.2 Å². The molecule has 0 amide bonds. The molecule has 3 N–H and O–H groups in total. The van der Waals surface area contributed by atoms with Crippen LogP contribution in [-0.4, -0.2) is 22.6 Å². The smallest absolute Gasteiger partial charge is 0.100 e. The number of nitrogens with two attached hydrogens (primary N) is 1. The zero-order valence-corrected chi connectivity index (χ0v) is 6.16. The first kappa shape index (κ1) is 6.82. The van der Waals surface area contributed by atoms with E-state index in [0.29, 0.717) is 6.61 Å². The number of aromatic nitrogens is 2. The average Bonchev–Trinajstić information content (AvgIpc) is 2.55. The van der Waals surface area contributed by atoms with E-state index in [0.717, 1.165) is 12.1 Å². The summed E-state index contributed by atoms with van der Waals surface area (Å²) >= 11 is 0. The predicted octanol–water partition coefficient (Wildman–Crippen LogP) is 0.198. The molecule has 0 saturated carbocycles. The maximum Gasteiger partial charge on any atom is 0.100 e. The standard InChI is InChI=1S/C7H11N3O/c8-5-1-7(11-3-5)6-2-9-4-10-6/h2,4-5,7H,1,3,8H2,(H,9,10)/t5-,7-/m0/s1. The zero-order valence-electron chi connectivity index (χ0n) is 6.16. The topological polar surface area (TPSA) is 63.9 Å². The van der Waals surface area contributed by atoms with Gasteiger partial charge >= 0.3 is 0 Å². The van der Waals surface area contributed by atoms with E-state index >= 15 is 0 Å². The molecule has 0 radical (unpaired) electrons. The summed E-state index contributed by atoms with van der Waals surface area (Å²) in [5.41, 5.74) is 6.70. The summed E-state index contributed by atoms with van der Waals surface area (Å²) in [4.78, 5) is 6.92. The van der Waals surface area contributed by atoms with E-state index < -0.39 is 0 Å². The Labute approximate surface area is 64.8 Å². The molecule has 0 aliphatic carbocycles. The zero-order chi connectivity index (χ0) is 7.68. The SMILES string of the molecule is N[C@@H]1CO[C@H](c2cnc[nH]2)C1. The second-order valence-electron chi connectivity index (χ2n) is 2.82. The predicted molar refractivity (Wildman–Crippen MR) is 39.9 cm³/mol. The van der Waals surface area contributed by atoms with Crippen LogP contribution in [0, 0.1) is 0 Å². The van der Waals surface area contributed by atoms with Gasteiger partial charge in [0.15, 0.2) is 0 Å². The first-order valence-corrected chi connectivity index (χ1v) is 3.71. The summed E-state index contributed by atoms with van der Waals surface area (Å²) in [5, 5.41) is 0. The summed E-state index contributed by atoms with van der Waals surface area (Å²) in [6.45, 7) is 0.656. The molecule has 1 aliphatic heterocycles. The van der Waals surface area contributed by atoms with Gasteiger partial charge in [-0.25, -0.2) is 4.98 Å². The highest BCUT2D eigenvalue weighted by Crippen LogP contribution is 2.25. The van der Waals surface area contributed by atoms with Gasteiger partial charge in [-0.2, -0.15) is 0 Å². The van der Waals surface area contributed by atoms with Gasteiger partial charge in [0.25, 0.3) is 0 Å². The van der Waals surface area contributed by atoms with Gasteiger partial charge in [0.1, 0.15) is 6.10 Å². The number of hydrogen-bond donors (Lipinski definition) is 2. The largest absolute Gasteiger partial charge is 0.370 e. The Morgan fingerprint density at radius 2 is 2.64 bits per heavy atom. The molecular formula is C7H11N3O. The lowest BCUT2D eigenvalue weighted by Gasteiger charge is -2.04. The van der Waals surface area contributed by atoms with Gasteiger partial charge in [-0.1, -0.05) is 0 Å². The highest BCUT2D eigenvalue weighted by atomic mass is 16.5. The molecule has 2 rings (SSSR count). The fourth-order valence-corrected chi connectivity index (χ4v) is 1.31. The lowest BCUT2D eigenvalue weighted by Crippen LogP contribution is -2.18. The summed E-state index contributed by atoms with van der Waals surface area (Å²) in [6.07, 6.45) is 4.46. The fourth-order valence-electron chi connectivity index (χ4n) is 1.31. The van der Waals surface area contributed by atoms with E-state index in [1.165, 1.54) is 0 Å². The number of imidazole rings is 1. The molecular weight excluding hydrogens is 142 g/mol. The Morgan fingerprint density at radius 3 is 3.18 bits per heavy atom. The van der Waals surface area contributed by atoms with Crippen LogP contribution in [0.2, 0.25) is 0 Å². The number of aromatic amines is 1. The fraction of sp³-hybridized carbons (Fsp3) is 0.571. The summed E-state index contributed by atoms with van der Waals surface area (Å²) in [6, 6.07) is 0.184. The molecule has 1 aromatic rings. The minimum absolute atomic E-state index is 0.132. The van der Waals surface area contributed by atoms with Crippen LogP contribution in [0.1, 0.15) is 18.2 Å². The molecule has 1 saturated heterocycles. The van der Waals surface area contributed by atoms with Crippen LogP contribution in [0.25, 0.3) is 0 Å². The van der Waals surface area contributed by atoms with E-state index in [1.54, 1.807) is 12.5 Å². The molecule has 0 aromatic carbocycles. The summed E-state index contributed by atoms with van der Waals surface area (Å²) < 4.78 is 5.41. The first-order chi connectivity index (χ1) is 5.36. The lowest BCUT2D eigenvalue weighted by molar-refractivity contribution is 0.107. The second-order valence-corrected chi connectivity index (χ2v) is 2.82. The van der Waals surface area contributed by atoms with Gasteiger partial charge in [-0.3, -0.25) is 0 Å². The van der Waals surface area contributed by atoms with E-state index in [2.05, 4.69) is 9.97 Å². The van der Waals surface area contributed by atoms with Crippen molar-refractivity contribution in [2.75, 3.05) is 6.61 Å². The van der Waals surface area contributed by atoms with Crippen molar-refractivity contribution in [3.63, 3.8) is 0 Å². The molecule has 4 heteroatoms. The van der Waals surface area contributed by atoms with E-state index in [9.17, 15) is 0 Å². The molecule has 0 unspecified atom stereocenters. The van der Waals surface area contributed by atoms with Crippen LogP contribution >= 0.6 is 0 Å². The highest BCUT2D eigenvalue weighted by molar-refractivity contribution is 5.02. The van der Waals surface area contributed by atoms with Gasteiger partial charge in [0, 0.05) is 6.04 Å². The van der Waals surface area contributed by atoms with E-state index in [-0.39, 0.29) is 12.1 Å². The van der Waals surface area contributed by atoms with Gasteiger partial charge in [0.05, 0.1) is 24.8 Å². The number of nitrogens with zero attached hydrogens (tertiary/aromatic N) is 1. The molecule has 4 nitrogen and oxygen atoms in total. The van der Waals surface area contributed by atoms with Crippen molar-refractivity contribution in [2.45, 2.75) is 18.6 Å². The van der Waals surface area contributed by atoms with Crippen LogP contribution in [0.5, 0.6) is 0 Å². The number of rotatable bonds is 1. The van der Waals surface area contributed by atoms with Crippen LogP contribution in [0.4, 0.5) is 0 Å². The maximum absolute atomic E-state index is 5.67. The van der Waals surface area contributed by atoms with E-state index in [4.69, 9.17) is 10.5 Å². The summed E-state index contributed by atoms with van der Waals surface area (Å²) in [5.74, 6) is 0. The van der Waals surface area contributed by atoms with Crippen LogP contribution in [-0.2, 0) is 4.74 Å². The molecule has 1 fully saturated rings. The molecule has 11 heavy (non-hydrogen) atoms. The Morgan fingerprint density at radius 1 is 1.73 bits per heavy atom. The third-order valence-corrected chi connectivity index (χ3v) is 1.89. The minimum Gasteiger partial charge on any atom is -0.370 e. The van der Waals surface area contributed by atoms with Crippen molar-refractivity contribution in [3.8, 4) is 0 Å². The maximum atomic E-state index is 5.67. The molecule has 1 aromatic heterocycles. The Kier molecular flexibility index (Phi) is 1.63. The average molecular weight is 153 g/mol. The summed E-state index contributed by atoms with van der Waals surface area (Å²) in [7, 11) is 0. The Hall–Kier alpha value is -0.870. The number of ether oxygens (including phenoxy) is 1. The van der Waals surface area contributed by atoms with Crippen LogP contribution < -0.4 is 5.73 Å². The lowest BCUT2D eigenvalue weighted by atomic mass is 10.1. The second kappa shape index (κ2) is 2.64. The molecule has 0 spiro atoms.